The topological polar surface area (TPSA) is 72.6 Å². The van der Waals surface area contributed by atoms with Crippen LogP contribution < -0.4 is 4.74 Å². The molecule has 1 N–H and O–H groups in total. The summed E-state index contributed by atoms with van der Waals surface area (Å²) in [6, 6.07) is 2.41. The minimum atomic E-state index is -0.579. The summed E-state index contributed by atoms with van der Waals surface area (Å²) in [6.07, 6.45) is 0. The first-order valence-electron chi connectivity index (χ1n) is 3.71. The number of nitro groups is 1. The van der Waals surface area contributed by atoms with E-state index in [-0.39, 0.29) is 23.1 Å². The molecule has 0 amide bonds. The number of rotatable bonds is 3. The third kappa shape index (κ3) is 1.94. The highest BCUT2D eigenvalue weighted by molar-refractivity contribution is 6.32. The van der Waals surface area contributed by atoms with Gasteiger partial charge in [0.25, 0.3) is 5.69 Å². The fourth-order valence-electron chi connectivity index (χ4n) is 1.09. The van der Waals surface area contributed by atoms with Gasteiger partial charge in [-0.25, -0.2) is 0 Å². The highest BCUT2D eigenvalue weighted by Crippen LogP contribution is 2.32. The van der Waals surface area contributed by atoms with Crippen LogP contribution in [0.1, 0.15) is 5.56 Å². The van der Waals surface area contributed by atoms with E-state index in [1.807, 2.05) is 0 Å². The highest BCUT2D eigenvalue weighted by Gasteiger charge is 2.15. The Kier molecular flexibility index (Phi) is 3.27. The van der Waals surface area contributed by atoms with Crippen LogP contribution in [0.5, 0.6) is 5.75 Å². The van der Waals surface area contributed by atoms with E-state index in [4.69, 9.17) is 21.4 Å². The van der Waals surface area contributed by atoms with E-state index in [1.54, 1.807) is 0 Å². The summed E-state index contributed by atoms with van der Waals surface area (Å²) in [7, 11) is 1.38. The molecule has 0 fully saturated rings. The molecule has 14 heavy (non-hydrogen) atoms. The average molecular weight is 218 g/mol. The van der Waals surface area contributed by atoms with Gasteiger partial charge in [-0.05, 0) is 0 Å². The molecule has 0 atom stereocenters. The molecule has 0 radical (unpaired) electrons. The molecular weight excluding hydrogens is 210 g/mol. The molecule has 0 aromatic heterocycles. The van der Waals surface area contributed by atoms with Crippen molar-refractivity contribution in [1.82, 2.24) is 0 Å². The van der Waals surface area contributed by atoms with Crippen LogP contribution in [0.3, 0.4) is 0 Å². The van der Waals surface area contributed by atoms with E-state index >= 15 is 0 Å². The molecule has 0 saturated heterocycles. The number of aliphatic hydroxyl groups is 1. The number of aliphatic hydroxyl groups excluding tert-OH is 1. The second-order valence-corrected chi connectivity index (χ2v) is 2.94. The zero-order valence-electron chi connectivity index (χ0n) is 7.36. The normalized spacial score (nSPS) is 9.93. The van der Waals surface area contributed by atoms with Gasteiger partial charge < -0.3 is 9.84 Å². The minimum Gasteiger partial charge on any atom is -0.495 e. The van der Waals surface area contributed by atoms with Crippen LogP contribution in [0, 0.1) is 10.1 Å². The molecule has 0 aliphatic heterocycles. The van der Waals surface area contributed by atoms with Gasteiger partial charge in [-0.15, -0.1) is 0 Å². The molecule has 0 aliphatic carbocycles. The summed E-state index contributed by atoms with van der Waals surface area (Å²) in [6.45, 7) is -0.357. The molecular formula is C8H8ClNO4. The number of halogens is 1. The summed E-state index contributed by atoms with van der Waals surface area (Å²) in [5.41, 5.74) is 0.131. The first kappa shape index (κ1) is 10.7. The van der Waals surface area contributed by atoms with Crippen LogP contribution in [-0.2, 0) is 6.61 Å². The Morgan fingerprint density at radius 3 is 2.71 bits per heavy atom. The summed E-state index contributed by atoms with van der Waals surface area (Å²) in [5.74, 6) is 0.264. The van der Waals surface area contributed by atoms with Crippen LogP contribution in [0.15, 0.2) is 12.1 Å². The third-order valence-electron chi connectivity index (χ3n) is 1.69. The second kappa shape index (κ2) is 4.26. The third-order valence-corrected chi connectivity index (χ3v) is 1.97. The van der Waals surface area contributed by atoms with Gasteiger partial charge in [0.2, 0.25) is 0 Å². The van der Waals surface area contributed by atoms with Gasteiger partial charge in [0.05, 0.1) is 23.7 Å². The molecule has 0 aliphatic rings. The lowest BCUT2D eigenvalue weighted by Crippen LogP contribution is -1.96. The van der Waals surface area contributed by atoms with Gasteiger partial charge in [-0.3, -0.25) is 10.1 Å². The van der Waals surface area contributed by atoms with Gasteiger partial charge in [-0.1, -0.05) is 11.6 Å². The molecule has 76 valence electrons. The van der Waals surface area contributed by atoms with Crippen molar-refractivity contribution in [2.24, 2.45) is 0 Å². The zero-order valence-corrected chi connectivity index (χ0v) is 8.11. The van der Waals surface area contributed by atoms with Crippen molar-refractivity contribution in [3.63, 3.8) is 0 Å². The lowest BCUT2D eigenvalue weighted by atomic mass is 10.2. The van der Waals surface area contributed by atoms with Crippen LogP contribution in [0.25, 0.3) is 0 Å². The van der Waals surface area contributed by atoms with Gasteiger partial charge in [0.15, 0.2) is 0 Å². The molecule has 0 spiro atoms. The van der Waals surface area contributed by atoms with Crippen LogP contribution >= 0.6 is 11.6 Å². The molecule has 1 rings (SSSR count). The predicted molar refractivity (Wildman–Crippen MR) is 50.6 cm³/mol. The Bertz CT molecular complexity index is 367. The number of methoxy groups -OCH3 is 1. The first-order valence-corrected chi connectivity index (χ1v) is 4.09. The van der Waals surface area contributed by atoms with E-state index in [2.05, 4.69) is 0 Å². The zero-order chi connectivity index (χ0) is 10.7. The van der Waals surface area contributed by atoms with E-state index in [9.17, 15) is 10.1 Å². The van der Waals surface area contributed by atoms with Crippen molar-refractivity contribution < 1.29 is 14.8 Å². The van der Waals surface area contributed by atoms with Gasteiger partial charge in [0, 0.05) is 17.7 Å². The van der Waals surface area contributed by atoms with Crippen LogP contribution in [0.2, 0.25) is 5.02 Å². The van der Waals surface area contributed by atoms with Crippen LogP contribution in [-0.4, -0.2) is 17.1 Å². The fourth-order valence-corrected chi connectivity index (χ4v) is 1.40. The van der Waals surface area contributed by atoms with E-state index in [1.165, 1.54) is 19.2 Å². The Balaban J connectivity index is 3.31. The Hall–Kier alpha value is -1.33. The molecule has 0 saturated carbocycles. The molecule has 0 unspecified atom stereocenters. The minimum absolute atomic E-state index is 0.116. The molecule has 0 heterocycles. The summed E-state index contributed by atoms with van der Waals surface area (Å²) in [5, 5.41) is 19.5. The van der Waals surface area contributed by atoms with Crippen molar-refractivity contribution >= 4 is 17.3 Å². The molecule has 1 aromatic carbocycles. The number of ether oxygens (including phenoxy) is 1. The molecule has 5 nitrogen and oxygen atoms in total. The van der Waals surface area contributed by atoms with Crippen molar-refractivity contribution in [2.75, 3.05) is 7.11 Å². The SMILES string of the molecule is COc1c(Cl)cc([N+](=O)[O-])cc1CO. The smallest absolute Gasteiger partial charge is 0.271 e. The Labute approximate surface area is 85.0 Å². The quantitative estimate of drug-likeness (QED) is 0.618. The number of nitrogens with zero attached hydrogens (tertiary/aromatic N) is 1. The highest BCUT2D eigenvalue weighted by atomic mass is 35.5. The van der Waals surface area contributed by atoms with E-state index in [0.717, 1.165) is 0 Å². The van der Waals surface area contributed by atoms with Crippen molar-refractivity contribution in [3.8, 4) is 5.75 Å². The molecule has 1 aromatic rings. The number of nitro benzene ring substituents is 1. The number of non-ortho nitro benzene ring substituents is 1. The maximum Gasteiger partial charge on any atom is 0.271 e. The van der Waals surface area contributed by atoms with Gasteiger partial charge >= 0.3 is 0 Å². The number of benzene rings is 1. The maximum absolute atomic E-state index is 10.4. The summed E-state index contributed by atoms with van der Waals surface area (Å²) >= 11 is 5.72. The lowest BCUT2D eigenvalue weighted by Gasteiger charge is -2.07. The predicted octanol–water partition coefficient (Wildman–Crippen LogP) is 1.75. The van der Waals surface area contributed by atoms with Gasteiger partial charge in [-0.2, -0.15) is 0 Å². The molecule has 6 heteroatoms. The maximum atomic E-state index is 10.4. The number of hydrogen-bond donors (Lipinski definition) is 1. The van der Waals surface area contributed by atoms with Crippen molar-refractivity contribution in [2.45, 2.75) is 6.61 Å². The first-order chi connectivity index (χ1) is 6.60. The van der Waals surface area contributed by atoms with E-state index in [0.29, 0.717) is 5.56 Å². The monoisotopic (exact) mass is 217 g/mol. The summed E-state index contributed by atoms with van der Waals surface area (Å²) < 4.78 is 4.89. The number of hydrogen-bond acceptors (Lipinski definition) is 4. The van der Waals surface area contributed by atoms with Gasteiger partial charge in [0.1, 0.15) is 5.75 Å². The second-order valence-electron chi connectivity index (χ2n) is 2.54. The summed E-state index contributed by atoms with van der Waals surface area (Å²) in [4.78, 5) is 9.87. The van der Waals surface area contributed by atoms with Crippen molar-refractivity contribution in [1.29, 1.82) is 0 Å². The largest absolute Gasteiger partial charge is 0.495 e. The molecule has 0 bridgehead atoms. The Morgan fingerprint density at radius 1 is 1.64 bits per heavy atom. The fraction of sp³-hybridized carbons (Fsp3) is 0.250. The van der Waals surface area contributed by atoms with Crippen LogP contribution in [0.4, 0.5) is 5.69 Å². The lowest BCUT2D eigenvalue weighted by molar-refractivity contribution is -0.384. The standard InChI is InChI=1S/C8H8ClNO4/c1-14-8-5(4-11)2-6(10(12)13)3-7(8)9/h2-3,11H,4H2,1H3. The van der Waals surface area contributed by atoms with Crippen molar-refractivity contribution in [3.05, 3.63) is 32.8 Å². The Morgan fingerprint density at radius 2 is 2.29 bits per heavy atom. The van der Waals surface area contributed by atoms with E-state index < -0.39 is 4.92 Å². The average Bonchev–Trinajstić information content (AvgIpc) is 2.16.